The Labute approximate surface area is 132 Å². The lowest BCUT2D eigenvalue weighted by Crippen LogP contribution is -2.46. The van der Waals surface area contributed by atoms with E-state index in [9.17, 15) is 9.59 Å². The third kappa shape index (κ3) is 5.57. The van der Waals surface area contributed by atoms with Crippen LogP contribution in [0.1, 0.15) is 44.9 Å². The van der Waals surface area contributed by atoms with Gasteiger partial charge >= 0.3 is 0 Å². The second-order valence-corrected chi connectivity index (χ2v) is 6.16. The average Bonchev–Trinajstić information content (AvgIpc) is 3.03. The van der Waals surface area contributed by atoms with Crippen molar-refractivity contribution in [3.05, 3.63) is 0 Å². The van der Waals surface area contributed by atoms with E-state index in [2.05, 4.69) is 5.32 Å². The molecule has 1 saturated carbocycles. The molecule has 0 bridgehead atoms. The van der Waals surface area contributed by atoms with Crippen molar-refractivity contribution in [3.8, 4) is 0 Å². The van der Waals surface area contributed by atoms with Gasteiger partial charge in [0.1, 0.15) is 0 Å². The van der Waals surface area contributed by atoms with E-state index in [1.165, 1.54) is 12.8 Å². The van der Waals surface area contributed by atoms with Crippen LogP contribution in [0.3, 0.4) is 0 Å². The highest BCUT2D eigenvalue weighted by molar-refractivity contribution is 5.84. The zero-order chi connectivity index (χ0) is 15.8. The highest BCUT2D eigenvalue weighted by Crippen LogP contribution is 2.18. The number of carbonyl (C=O) groups is 2. The Morgan fingerprint density at radius 2 is 2.05 bits per heavy atom. The van der Waals surface area contributed by atoms with Crippen LogP contribution in [-0.2, 0) is 19.1 Å². The maximum absolute atomic E-state index is 12.2. The van der Waals surface area contributed by atoms with Gasteiger partial charge in [-0.25, -0.2) is 0 Å². The van der Waals surface area contributed by atoms with E-state index in [1.807, 2.05) is 4.90 Å². The first kappa shape index (κ1) is 17.2. The normalized spacial score (nSPS) is 22.8. The number of carbonyl (C=O) groups excluding carboxylic acids is 2. The molecule has 0 aromatic rings. The fraction of sp³-hybridized carbons (Fsp3) is 0.875. The third-order valence-electron chi connectivity index (χ3n) is 4.42. The van der Waals surface area contributed by atoms with Gasteiger partial charge < -0.3 is 19.7 Å². The van der Waals surface area contributed by atoms with Crippen molar-refractivity contribution in [2.75, 3.05) is 33.4 Å². The molecule has 1 aliphatic heterocycles. The number of hydrogen-bond acceptors (Lipinski definition) is 4. The summed E-state index contributed by atoms with van der Waals surface area (Å²) in [6.45, 7) is 2.42. The molecular formula is C16H28N2O4. The first-order valence-corrected chi connectivity index (χ1v) is 8.36. The molecule has 0 aromatic heterocycles. The number of hydrogen-bond donors (Lipinski definition) is 1. The molecule has 2 amide bonds. The van der Waals surface area contributed by atoms with Gasteiger partial charge in [-0.05, 0) is 19.3 Å². The predicted octanol–water partition coefficient (Wildman–Crippen LogP) is 1.09. The van der Waals surface area contributed by atoms with Gasteiger partial charge in [0.25, 0.3) is 0 Å². The molecule has 1 N–H and O–H groups in total. The Morgan fingerprint density at radius 1 is 1.27 bits per heavy atom. The van der Waals surface area contributed by atoms with E-state index in [4.69, 9.17) is 9.47 Å². The molecule has 2 fully saturated rings. The molecule has 6 heteroatoms. The molecular weight excluding hydrogens is 284 g/mol. The Bertz CT molecular complexity index is 369. The minimum Gasteiger partial charge on any atom is -0.385 e. The average molecular weight is 312 g/mol. The second kappa shape index (κ2) is 9.10. The monoisotopic (exact) mass is 312 g/mol. The number of methoxy groups -OCH3 is 1. The van der Waals surface area contributed by atoms with E-state index in [-0.39, 0.29) is 30.8 Å². The van der Waals surface area contributed by atoms with Crippen LogP contribution < -0.4 is 5.32 Å². The molecule has 2 rings (SSSR count). The van der Waals surface area contributed by atoms with Crippen LogP contribution >= 0.6 is 0 Å². The van der Waals surface area contributed by atoms with Crippen molar-refractivity contribution < 1.29 is 19.1 Å². The summed E-state index contributed by atoms with van der Waals surface area (Å²) in [5, 5.41) is 3.02. The van der Waals surface area contributed by atoms with Crippen LogP contribution in [0, 0.1) is 0 Å². The maximum atomic E-state index is 12.2. The topological polar surface area (TPSA) is 67.9 Å². The Hall–Kier alpha value is -1.14. The summed E-state index contributed by atoms with van der Waals surface area (Å²) >= 11 is 0. The van der Waals surface area contributed by atoms with Gasteiger partial charge in [0.05, 0.1) is 12.7 Å². The predicted molar refractivity (Wildman–Crippen MR) is 82.4 cm³/mol. The van der Waals surface area contributed by atoms with Crippen LogP contribution in [0.25, 0.3) is 0 Å². The van der Waals surface area contributed by atoms with Crippen molar-refractivity contribution in [1.29, 1.82) is 0 Å². The second-order valence-electron chi connectivity index (χ2n) is 6.16. The minimum absolute atomic E-state index is 0.00411. The van der Waals surface area contributed by atoms with Gasteiger partial charge in [-0.2, -0.15) is 0 Å². The highest BCUT2D eigenvalue weighted by atomic mass is 16.5. The first-order valence-electron chi connectivity index (χ1n) is 8.36. The van der Waals surface area contributed by atoms with E-state index in [1.54, 1.807) is 7.11 Å². The Balaban J connectivity index is 1.66. The maximum Gasteiger partial charge on any atom is 0.223 e. The van der Waals surface area contributed by atoms with Gasteiger partial charge in [0.2, 0.25) is 11.8 Å². The number of nitrogens with one attached hydrogen (secondary N) is 1. The molecule has 0 unspecified atom stereocenters. The molecule has 1 aliphatic carbocycles. The molecule has 2 aliphatic rings. The van der Waals surface area contributed by atoms with Crippen molar-refractivity contribution in [2.24, 2.45) is 0 Å². The third-order valence-corrected chi connectivity index (χ3v) is 4.42. The van der Waals surface area contributed by atoms with E-state index < -0.39 is 0 Å². The highest BCUT2D eigenvalue weighted by Gasteiger charge is 2.24. The molecule has 1 saturated heterocycles. The lowest BCUT2D eigenvalue weighted by molar-refractivity contribution is -0.140. The minimum atomic E-state index is 0.00411. The summed E-state index contributed by atoms with van der Waals surface area (Å²) in [4.78, 5) is 25.9. The summed E-state index contributed by atoms with van der Waals surface area (Å²) in [5.41, 5.74) is 0. The summed E-state index contributed by atoms with van der Waals surface area (Å²) in [7, 11) is 1.66. The van der Waals surface area contributed by atoms with Crippen LogP contribution in [0.2, 0.25) is 0 Å². The summed E-state index contributed by atoms with van der Waals surface area (Å²) < 4.78 is 10.7. The number of rotatable bonds is 7. The molecule has 0 aromatic carbocycles. The van der Waals surface area contributed by atoms with Crippen LogP contribution in [0.5, 0.6) is 0 Å². The lowest BCUT2D eigenvalue weighted by atomic mass is 10.1. The van der Waals surface area contributed by atoms with Crippen LogP contribution in [0.4, 0.5) is 0 Å². The van der Waals surface area contributed by atoms with Crippen molar-refractivity contribution in [3.63, 3.8) is 0 Å². The van der Waals surface area contributed by atoms with E-state index in [0.29, 0.717) is 32.3 Å². The van der Waals surface area contributed by atoms with E-state index in [0.717, 1.165) is 19.3 Å². The smallest absolute Gasteiger partial charge is 0.223 e. The lowest BCUT2D eigenvalue weighted by Gasteiger charge is -2.33. The van der Waals surface area contributed by atoms with E-state index >= 15 is 0 Å². The summed E-state index contributed by atoms with van der Waals surface area (Å²) in [6.07, 6.45) is 5.95. The largest absolute Gasteiger partial charge is 0.385 e. The SMILES string of the molecule is COCC[C@H]1CN(C(=O)CCC(=O)NC2CCCC2)CCO1. The van der Waals surface area contributed by atoms with Crippen molar-refractivity contribution >= 4 is 11.8 Å². The molecule has 0 spiro atoms. The van der Waals surface area contributed by atoms with Crippen LogP contribution in [-0.4, -0.2) is 62.3 Å². The Morgan fingerprint density at radius 3 is 2.77 bits per heavy atom. The molecule has 6 nitrogen and oxygen atoms in total. The Kier molecular flexibility index (Phi) is 7.12. The van der Waals surface area contributed by atoms with Crippen molar-refractivity contribution in [1.82, 2.24) is 10.2 Å². The number of amides is 2. The molecule has 0 radical (unpaired) electrons. The zero-order valence-electron chi connectivity index (χ0n) is 13.5. The number of ether oxygens (including phenoxy) is 2. The zero-order valence-corrected chi connectivity index (χ0v) is 13.5. The fourth-order valence-corrected chi connectivity index (χ4v) is 3.12. The first-order chi connectivity index (χ1) is 10.7. The van der Waals surface area contributed by atoms with Gasteiger partial charge in [-0.1, -0.05) is 12.8 Å². The molecule has 1 atom stereocenters. The summed E-state index contributed by atoms with van der Waals surface area (Å²) in [6, 6.07) is 0.324. The van der Waals surface area contributed by atoms with Gasteiger partial charge in [0.15, 0.2) is 0 Å². The summed E-state index contributed by atoms with van der Waals surface area (Å²) in [5.74, 6) is 0.0525. The molecule has 126 valence electrons. The molecule has 22 heavy (non-hydrogen) atoms. The number of nitrogens with zero attached hydrogens (tertiary/aromatic N) is 1. The van der Waals surface area contributed by atoms with Gasteiger partial charge in [-0.3, -0.25) is 9.59 Å². The van der Waals surface area contributed by atoms with Crippen LogP contribution in [0.15, 0.2) is 0 Å². The molecule has 1 heterocycles. The standard InChI is InChI=1S/C16H28N2O4/c1-21-10-8-14-12-18(9-11-22-14)16(20)7-6-15(19)17-13-4-2-3-5-13/h13-14H,2-12H2,1H3,(H,17,19)/t14-/m0/s1. The number of morpholine rings is 1. The van der Waals surface area contributed by atoms with Gasteiger partial charge in [0, 0.05) is 45.7 Å². The fourth-order valence-electron chi connectivity index (χ4n) is 3.12. The quantitative estimate of drug-likeness (QED) is 0.764. The van der Waals surface area contributed by atoms with Crippen molar-refractivity contribution in [2.45, 2.75) is 57.1 Å². The van der Waals surface area contributed by atoms with Gasteiger partial charge in [-0.15, -0.1) is 0 Å².